The van der Waals surface area contributed by atoms with E-state index < -0.39 is 0 Å². The van der Waals surface area contributed by atoms with Crippen LogP contribution in [0.4, 0.5) is 0 Å². The second kappa shape index (κ2) is 8.59. The molecule has 1 unspecified atom stereocenters. The first kappa shape index (κ1) is 17.4. The molecule has 0 spiro atoms. The average molecular weight is 327 g/mol. The highest BCUT2D eigenvalue weighted by atomic mass is 32.2. The van der Waals surface area contributed by atoms with Crippen molar-refractivity contribution >= 4 is 22.9 Å². The van der Waals surface area contributed by atoms with E-state index in [-0.39, 0.29) is 16.9 Å². The zero-order valence-electron chi connectivity index (χ0n) is 13.9. The molecule has 0 radical (unpaired) electrons. The lowest BCUT2D eigenvalue weighted by atomic mass is 10.2. The van der Waals surface area contributed by atoms with Crippen LogP contribution >= 0.6 is 0 Å². The van der Waals surface area contributed by atoms with Gasteiger partial charge in [-0.05, 0) is 37.6 Å². The molecule has 120 valence electrons. The van der Waals surface area contributed by atoms with E-state index in [2.05, 4.69) is 73.9 Å². The highest BCUT2D eigenvalue weighted by Crippen LogP contribution is 2.19. The van der Waals surface area contributed by atoms with Gasteiger partial charge in [-0.2, -0.15) is 0 Å². The quantitative estimate of drug-likeness (QED) is 0.576. The van der Waals surface area contributed by atoms with Crippen molar-refractivity contribution < 1.29 is 9.53 Å². The van der Waals surface area contributed by atoms with E-state index in [1.165, 1.54) is 28.7 Å². The van der Waals surface area contributed by atoms with Crippen LogP contribution in [0.1, 0.15) is 23.1 Å². The minimum absolute atomic E-state index is 0.106. The first-order chi connectivity index (χ1) is 11.1. The van der Waals surface area contributed by atoms with Crippen molar-refractivity contribution in [3.63, 3.8) is 0 Å². The number of benzene rings is 2. The lowest BCUT2D eigenvalue weighted by molar-refractivity contribution is -0.140. The predicted octanol–water partition coefficient (Wildman–Crippen LogP) is 4.51. The zero-order valence-corrected chi connectivity index (χ0v) is 14.7. The van der Waals surface area contributed by atoms with E-state index in [1.54, 1.807) is 0 Å². The normalized spacial score (nSPS) is 12.3. The number of carbonyl (C=O) groups is 1. The fraction of sp³-hybridized carbons (Fsp3) is 0.250. The number of carbonyl (C=O) groups excluding carboxylic acids is 1. The van der Waals surface area contributed by atoms with Crippen LogP contribution in [0, 0.1) is 13.8 Å². The Hall–Kier alpha value is -2.00. The molecule has 0 heterocycles. The third kappa shape index (κ3) is 5.61. The van der Waals surface area contributed by atoms with Gasteiger partial charge >= 0.3 is 5.97 Å². The summed E-state index contributed by atoms with van der Waals surface area (Å²) < 4.78 is 4.77. The molecule has 0 fully saturated rings. The minimum Gasteiger partial charge on any atom is -0.469 e. The van der Waals surface area contributed by atoms with Crippen molar-refractivity contribution in [2.24, 2.45) is 0 Å². The van der Waals surface area contributed by atoms with Crippen LogP contribution in [0.2, 0.25) is 0 Å². The molecular formula is C20H23O2S+. The molecule has 0 saturated carbocycles. The Balaban J connectivity index is 2.16. The zero-order chi connectivity index (χ0) is 16.7. The number of esters is 1. The molecular weight excluding hydrogens is 304 g/mol. The van der Waals surface area contributed by atoms with Gasteiger partial charge in [0.15, 0.2) is 4.90 Å². The number of methoxy groups -OCH3 is 1. The molecule has 0 aliphatic rings. The van der Waals surface area contributed by atoms with Gasteiger partial charge in [-0.25, -0.2) is 0 Å². The van der Waals surface area contributed by atoms with Crippen LogP contribution < -0.4 is 0 Å². The molecule has 2 aromatic rings. The smallest absolute Gasteiger partial charge is 0.310 e. The number of hydrogen-bond donors (Lipinski definition) is 0. The molecule has 0 saturated heterocycles. The van der Waals surface area contributed by atoms with E-state index in [0.717, 1.165) is 5.75 Å². The summed E-state index contributed by atoms with van der Waals surface area (Å²) in [5.74, 6) is 0.622. The number of rotatable bonds is 6. The van der Waals surface area contributed by atoms with Crippen molar-refractivity contribution in [3.05, 3.63) is 70.6 Å². The molecule has 2 aromatic carbocycles. The average Bonchev–Trinajstić information content (AvgIpc) is 2.57. The topological polar surface area (TPSA) is 26.3 Å². The number of hydrogen-bond acceptors (Lipinski definition) is 2. The van der Waals surface area contributed by atoms with Crippen LogP contribution in [-0.4, -0.2) is 18.8 Å². The van der Waals surface area contributed by atoms with Crippen LogP contribution in [-0.2, 0) is 20.4 Å². The molecule has 2 rings (SSSR count). The van der Waals surface area contributed by atoms with Crippen LogP contribution in [0.3, 0.4) is 0 Å². The summed E-state index contributed by atoms with van der Waals surface area (Å²) >= 11 is 0. The molecule has 0 aromatic heterocycles. The van der Waals surface area contributed by atoms with Gasteiger partial charge in [0.05, 0.1) is 24.4 Å². The van der Waals surface area contributed by atoms with Crippen molar-refractivity contribution in [1.29, 1.82) is 0 Å². The molecule has 0 aliphatic carbocycles. The minimum atomic E-state index is -0.154. The Morgan fingerprint density at radius 2 is 1.57 bits per heavy atom. The largest absolute Gasteiger partial charge is 0.469 e. The Bertz CT molecular complexity index is 657. The third-order valence-electron chi connectivity index (χ3n) is 3.58. The van der Waals surface area contributed by atoms with E-state index in [4.69, 9.17) is 4.74 Å². The summed E-state index contributed by atoms with van der Waals surface area (Å²) in [7, 11) is 1.33. The van der Waals surface area contributed by atoms with Crippen LogP contribution in [0.25, 0.3) is 6.08 Å². The van der Waals surface area contributed by atoms with Gasteiger partial charge < -0.3 is 4.74 Å². The van der Waals surface area contributed by atoms with Crippen molar-refractivity contribution in [2.45, 2.75) is 25.2 Å². The molecule has 0 amide bonds. The summed E-state index contributed by atoms with van der Waals surface area (Å²) in [6.45, 7) is 4.17. The van der Waals surface area contributed by atoms with Gasteiger partial charge in [-0.1, -0.05) is 47.5 Å². The third-order valence-corrected chi connectivity index (χ3v) is 5.57. The summed E-state index contributed by atoms with van der Waals surface area (Å²) in [5.41, 5.74) is 3.68. The molecule has 23 heavy (non-hydrogen) atoms. The maximum absolute atomic E-state index is 11.5. The summed E-state index contributed by atoms with van der Waals surface area (Å²) in [6, 6.07) is 17.0. The van der Waals surface area contributed by atoms with Gasteiger partial charge in [-0.3, -0.25) is 4.79 Å². The summed E-state index contributed by atoms with van der Waals surface area (Å²) in [5, 5.41) is 2.21. The Morgan fingerprint density at radius 1 is 1.00 bits per heavy atom. The Labute approximate surface area is 141 Å². The fourth-order valence-corrected chi connectivity index (χ4v) is 3.83. The first-order valence-corrected chi connectivity index (χ1v) is 9.12. The lowest BCUT2D eigenvalue weighted by Crippen LogP contribution is -2.11. The highest BCUT2D eigenvalue weighted by Gasteiger charge is 2.20. The second-order valence-electron chi connectivity index (χ2n) is 5.49. The standard InChI is InChI=1S/C20H23O2S/c1-16-4-8-18(9-5-16)12-14-23(15-13-20(21)22-3)19-10-6-17(2)7-11-19/h4-12,14H,13,15H2,1-3H3/q+1/b14-12+. The lowest BCUT2D eigenvalue weighted by Gasteiger charge is -2.04. The van der Waals surface area contributed by atoms with Gasteiger partial charge in [0.25, 0.3) is 0 Å². The molecule has 1 atom stereocenters. The van der Waals surface area contributed by atoms with Crippen LogP contribution in [0.15, 0.2) is 58.8 Å². The molecule has 0 aliphatic heterocycles. The van der Waals surface area contributed by atoms with Gasteiger partial charge in [0.1, 0.15) is 11.2 Å². The summed E-state index contributed by atoms with van der Waals surface area (Å²) in [6.07, 6.45) is 2.57. The summed E-state index contributed by atoms with van der Waals surface area (Å²) in [4.78, 5) is 12.7. The van der Waals surface area contributed by atoms with Crippen molar-refractivity contribution in [2.75, 3.05) is 12.9 Å². The maximum atomic E-state index is 11.5. The van der Waals surface area contributed by atoms with E-state index in [1.807, 2.05) is 0 Å². The molecule has 2 nitrogen and oxygen atoms in total. The first-order valence-electron chi connectivity index (χ1n) is 7.66. The number of ether oxygens (including phenoxy) is 1. The van der Waals surface area contributed by atoms with E-state index in [0.29, 0.717) is 6.42 Å². The number of aryl methyl sites for hydroxylation is 2. The Kier molecular flexibility index (Phi) is 6.48. The molecule has 0 bridgehead atoms. The van der Waals surface area contributed by atoms with Crippen LogP contribution in [0.5, 0.6) is 0 Å². The van der Waals surface area contributed by atoms with E-state index >= 15 is 0 Å². The van der Waals surface area contributed by atoms with Gasteiger partial charge in [0, 0.05) is 0 Å². The molecule has 0 N–H and O–H groups in total. The van der Waals surface area contributed by atoms with Crippen molar-refractivity contribution in [1.82, 2.24) is 0 Å². The van der Waals surface area contributed by atoms with E-state index in [9.17, 15) is 4.79 Å². The Morgan fingerprint density at radius 3 is 2.13 bits per heavy atom. The van der Waals surface area contributed by atoms with Gasteiger partial charge in [-0.15, -0.1) is 0 Å². The molecule has 3 heteroatoms. The second-order valence-corrected chi connectivity index (χ2v) is 7.50. The monoisotopic (exact) mass is 327 g/mol. The van der Waals surface area contributed by atoms with Crippen molar-refractivity contribution in [3.8, 4) is 0 Å². The highest BCUT2D eigenvalue weighted by molar-refractivity contribution is 7.99. The predicted molar refractivity (Wildman–Crippen MR) is 98.5 cm³/mol. The fourth-order valence-electron chi connectivity index (χ4n) is 2.11. The van der Waals surface area contributed by atoms with Gasteiger partial charge in [0.2, 0.25) is 0 Å². The maximum Gasteiger partial charge on any atom is 0.310 e. The SMILES string of the molecule is COC(=O)CC[S+](/C=C/c1ccc(C)cc1)c1ccc(C)cc1.